The monoisotopic (exact) mass is 408 g/mol. The molecule has 2 aliphatic heterocycles. The second-order valence-electron chi connectivity index (χ2n) is 7.27. The Morgan fingerprint density at radius 1 is 1.03 bits per heavy atom. The molecule has 3 heterocycles. The molecule has 0 atom stereocenters. The predicted octanol–water partition coefficient (Wildman–Crippen LogP) is 3.24. The number of carbonyl (C=O) groups is 1. The zero-order chi connectivity index (χ0) is 20.9. The lowest BCUT2D eigenvalue weighted by atomic mass is 9.98. The van der Waals surface area contributed by atoms with Gasteiger partial charge < -0.3 is 20.7 Å². The van der Waals surface area contributed by atoms with Crippen molar-refractivity contribution in [2.75, 3.05) is 38.6 Å². The average Bonchev–Trinajstić information content (AvgIpc) is 2.80. The topological polar surface area (TPSA) is 75.3 Å². The van der Waals surface area contributed by atoms with Gasteiger partial charge in [0, 0.05) is 29.8 Å². The lowest BCUT2D eigenvalue weighted by molar-refractivity contribution is 0.102. The molecular weight excluding hydrogens is 383 g/mol. The van der Waals surface area contributed by atoms with E-state index in [1.54, 1.807) is 25.3 Å². The Morgan fingerprint density at radius 3 is 2.30 bits per heavy atom. The van der Waals surface area contributed by atoms with Crippen LogP contribution in [0, 0.1) is 5.82 Å². The maximum atomic E-state index is 14.6. The molecule has 2 aliphatic rings. The van der Waals surface area contributed by atoms with Crippen LogP contribution in [0.2, 0.25) is 0 Å². The Morgan fingerprint density at radius 2 is 1.70 bits per heavy atom. The van der Waals surface area contributed by atoms with E-state index < -0.39 is 11.7 Å². The molecule has 4 rings (SSSR count). The second-order valence-corrected chi connectivity index (χ2v) is 7.27. The summed E-state index contributed by atoms with van der Waals surface area (Å²) in [6, 6.07) is 8.22. The van der Waals surface area contributed by atoms with E-state index >= 15 is 0 Å². The number of pyridine rings is 1. The van der Waals surface area contributed by atoms with Crippen LogP contribution in [0.25, 0.3) is 11.1 Å². The van der Waals surface area contributed by atoms with Crippen LogP contribution in [0.4, 0.5) is 10.2 Å². The van der Waals surface area contributed by atoms with Gasteiger partial charge in [0.1, 0.15) is 11.6 Å². The average molecular weight is 408 g/mol. The fourth-order valence-corrected chi connectivity index (χ4v) is 3.75. The number of amides is 1. The Bertz CT molecular complexity index is 1020. The van der Waals surface area contributed by atoms with Crippen molar-refractivity contribution < 1.29 is 13.9 Å². The van der Waals surface area contributed by atoms with Gasteiger partial charge in [-0.15, -0.1) is 0 Å². The van der Waals surface area contributed by atoms with Crippen LogP contribution in [0.15, 0.2) is 42.5 Å². The van der Waals surface area contributed by atoms with E-state index in [1.165, 1.54) is 11.6 Å². The molecule has 3 N–H and O–H groups in total. The highest BCUT2D eigenvalue weighted by molar-refractivity contribution is 6.04. The van der Waals surface area contributed by atoms with Gasteiger partial charge in [-0.3, -0.25) is 4.79 Å². The van der Waals surface area contributed by atoms with Crippen molar-refractivity contribution in [1.29, 1.82) is 0 Å². The highest BCUT2D eigenvalue weighted by Gasteiger charge is 2.16. The molecule has 30 heavy (non-hydrogen) atoms. The van der Waals surface area contributed by atoms with Gasteiger partial charge in [0.25, 0.3) is 5.91 Å². The quantitative estimate of drug-likeness (QED) is 0.708. The third kappa shape index (κ3) is 4.42. The smallest absolute Gasteiger partial charge is 0.256 e. The molecule has 0 unspecified atom stereocenters. The van der Waals surface area contributed by atoms with Crippen molar-refractivity contribution in [2.45, 2.75) is 12.8 Å². The number of benzene rings is 1. The van der Waals surface area contributed by atoms with Crippen LogP contribution in [-0.4, -0.2) is 44.2 Å². The second kappa shape index (κ2) is 9.19. The van der Waals surface area contributed by atoms with Crippen molar-refractivity contribution in [3.63, 3.8) is 0 Å². The lowest BCUT2D eigenvalue weighted by Crippen LogP contribution is -2.20. The van der Waals surface area contributed by atoms with Crippen molar-refractivity contribution in [3.8, 4) is 5.88 Å². The number of nitrogens with one attached hydrogen (secondary N) is 3. The van der Waals surface area contributed by atoms with E-state index in [0.29, 0.717) is 17.3 Å². The molecular formula is C23H25FN4O2. The first-order valence-corrected chi connectivity index (χ1v) is 10.1. The number of aromatic nitrogens is 1. The van der Waals surface area contributed by atoms with Crippen molar-refractivity contribution >= 4 is 22.9 Å². The molecule has 0 saturated heterocycles. The number of hydrogen-bond donors (Lipinski definition) is 3. The molecule has 0 saturated carbocycles. The number of halogens is 1. The Hall–Kier alpha value is -3.03. The molecule has 0 spiro atoms. The molecule has 0 fully saturated rings. The standard InChI is InChI=1S/C23H25FN4O2/c1-30-23-19(16-8-12-26-13-9-16)4-5-21(28-23)27-22(29)17-2-3-18(20(24)14-17)15-6-10-25-11-7-15/h2-6,8,14,25-26H,7,9-13H2,1H3,(H,27,28,29). The fourth-order valence-electron chi connectivity index (χ4n) is 3.75. The summed E-state index contributed by atoms with van der Waals surface area (Å²) in [5.41, 5.74) is 3.85. The maximum absolute atomic E-state index is 14.6. The van der Waals surface area contributed by atoms with Crippen LogP contribution >= 0.6 is 0 Å². The van der Waals surface area contributed by atoms with Crippen molar-refractivity contribution in [1.82, 2.24) is 15.6 Å². The van der Waals surface area contributed by atoms with Crippen molar-refractivity contribution in [3.05, 3.63) is 65.0 Å². The number of carbonyl (C=O) groups excluding carboxylic acids is 1. The van der Waals surface area contributed by atoms with Gasteiger partial charge in [0.15, 0.2) is 0 Å². The van der Waals surface area contributed by atoms with Crippen molar-refractivity contribution in [2.24, 2.45) is 0 Å². The molecule has 1 aromatic carbocycles. The summed E-state index contributed by atoms with van der Waals surface area (Å²) in [6.07, 6.45) is 5.76. The van der Waals surface area contributed by atoms with Gasteiger partial charge in [0.2, 0.25) is 5.88 Å². The van der Waals surface area contributed by atoms with Crippen LogP contribution in [0.3, 0.4) is 0 Å². The van der Waals surface area contributed by atoms with E-state index in [4.69, 9.17) is 4.74 Å². The molecule has 2 aromatic rings. The molecule has 0 bridgehead atoms. The fraction of sp³-hybridized carbons (Fsp3) is 0.304. The molecule has 7 heteroatoms. The molecule has 6 nitrogen and oxygen atoms in total. The van der Waals surface area contributed by atoms with Gasteiger partial charge >= 0.3 is 0 Å². The summed E-state index contributed by atoms with van der Waals surface area (Å²) in [7, 11) is 1.56. The lowest BCUT2D eigenvalue weighted by Gasteiger charge is -2.17. The number of ether oxygens (including phenoxy) is 1. The third-order valence-corrected chi connectivity index (χ3v) is 5.35. The third-order valence-electron chi connectivity index (χ3n) is 5.35. The summed E-state index contributed by atoms with van der Waals surface area (Å²) in [5.74, 6) is 0.0127. The van der Waals surface area contributed by atoms with E-state index in [2.05, 4.69) is 27.0 Å². The van der Waals surface area contributed by atoms with E-state index in [9.17, 15) is 9.18 Å². The van der Waals surface area contributed by atoms with Crippen LogP contribution < -0.4 is 20.7 Å². The zero-order valence-corrected chi connectivity index (χ0v) is 16.9. The molecule has 156 valence electrons. The minimum atomic E-state index is -0.414. The van der Waals surface area contributed by atoms with E-state index in [-0.39, 0.29) is 5.56 Å². The molecule has 0 radical (unpaired) electrons. The molecule has 1 aromatic heterocycles. The Balaban J connectivity index is 1.51. The van der Waals surface area contributed by atoms with Gasteiger partial charge in [-0.25, -0.2) is 4.39 Å². The number of hydrogen-bond acceptors (Lipinski definition) is 5. The summed E-state index contributed by atoms with van der Waals surface area (Å²) in [6.45, 7) is 3.27. The number of nitrogens with zero attached hydrogens (tertiary/aromatic N) is 1. The Kier molecular flexibility index (Phi) is 6.21. The molecule has 0 aliphatic carbocycles. The summed E-state index contributed by atoms with van der Waals surface area (Å²) < 4.78 is 20.1. The van der Waals surface area contributed by atoms with Gasteiger partial charge in [0.05, 0.1) is 7.11 Å². The van der Waals surface area contributed by atoms with Gasteiger partial charge in [-0.05, 0) is 61.3 Å². The first kappa shape index (κ1) is 20.3. The highest BCUT2D eigenvalue weighted by atomic mass is 19.1. The summed E-state index contributed by atoms with van der Waals surface area (Å²) in [4.78, 5) is 17.1. The minimum absolute atomic E-state index is 0.247. The first-order chi connectivity index (χ1) is 14.7. The number of rotatable bonds is 5. The maximum Gasteiger partial charge on any atom is 0.256 e. The Labute approximate surface area is 175 Å². The van der Waals surface area contributed by atoms with Gasteiger partial charge in [-0.2, -0.15) is 4.98 Å². The highest BCUT2D eigenvalue weighted by Crippen LogP contribution is 2.29. The normalized spacial score (nSPS) is 16.5. The SMILES string of the molecule is COc1nc(NC(=O)c2ccc(C3=CCNCC3)c(F)c2)ccc1C1=CCNCC1. The van der Waals surface area contributed by atoms with Crippen LogP contribution in [0.5, 0.6) is 5.88 Å². The first-order valence-electron chi connectivity index (χ1n) is 10.1. The van der Waals surface area contributed by atoms with E-state index in [0.717, 1.165) is 50.2 Å². The summed E-state index contributed by atoms with van der Waals surface area (Å²) >= 11 is 0. The number of methoxy groups -OCH3 is 1. The van der Waals surface area contributed by atoms with Crippen LogP contribution in [-0.2, 0) is 0 Å². The largest absolute Gasteiger partial charge is 0.481 e. The zero-order valence-electron chi connectivity index (χ0n) is 16.9. The predicted molar refractivity (Wildman–Crippen MR) is 116 cm³/mol. The van der Waals surface area contributed by atoms with Crippen LogP contribution in [0.1, 0.15) is 34.3 Å². The number of anilines is 1. The molecule has 1 amide bonds. The van der Waals surface area contributed by atoms with E-state index in [1.807, 2.05) is 12.1 Å². The summed E-state index contributed by atoms with van der Waals surface area (Å²) in [5, 5.41) is 9.22. The van der Waals surface area contributed by atoms with Gasteiger partial charge in [-0.1, -0.05) is 18.2 Å². The minimum Gasteiger partial charge on any atom is -0.481 e.